The molecule has 4 aromatic rings. The first kappa shape index (κ1) is 18.1. The Hall–Kier alpha value is -2.98. The van der Waals surface area contributed by atoms with Crippen molar-refractivity contribution in [1.29, 1.82) is 0 Å². The molecular weight excluding hydrogens is 392 g/mol. The molecule has 29 heavy (non-hydrogen) atoms. The van der Waals surface area contributed by atoms with Gasteiger partial charge >= 0.3 is 0 Å². The SMILES string of the molecule is CC1COCCN1c1cc(-c2ccnc3[nH]ccc23)nc2c1ncn2S(C)(=O)=O. The van der Waals surface area contributed by atoms with E-state index in [1.807, 2.05) is 24.4 Å². The second kappa shape index (κ2) is 6.53. The molecule has 0 aromatic carbocycles. The van der Waals surface area contributed by atoms with Crippen molar-refractivity contribution < 1.29 is 13.2 Å². The van der Waals surface area contributed by atoms with Gasteiger partial charge in [-0.3, -0.25) is 0 Å². The summed E-state index contributed by atoms with van der Waals surface area (Å²) < 4.78 is 31.3. The Kier molecular flexibility index (Phi) is 4.07. The van der Waals surface area contributed by atoms with Gasteiger partial charge in [0.05, 0.1) is 30.9 Å². The van der Waals surface area contributed by atoms with Crippen LogP contribution in [0.3, 0.4) is 0 Å². The van der Waals surface area contributed by atoms with E-state index in [0.29, 0.717) is 36.6 Å². The molecule has 1 saturated heterocycles. The van der Waals surface area contributed by atoms with Crippen LogP contribution in [0.2, 0.25) is 0 Å². The molecule has 5 rings (SSSR count). The first-order valence-electron chi connectivity index (χ1n) is 9.29. The summed E-state index contributed by atoms with van der Waals surface area (Å²) in [5.41, 5.74) is 4.03. The molecule has 0 spiro atoms. The lowest BCUT2D eigenvalue weighted by molar-refractivity contribution is 0.0991. The topological polar surface area (TPSA) is 106 Å². The summed E-state index contributed by atoms with van der Waals surface area (Å²) in [6.07, 6.45) is 6.01. The molecule has 0 amide bonds. The van der Waals surface area contributed by atoms with Gasteiger partial charge in [0.25, 0.3) is 0 Å². The van der Waals surface area contributed by atoms with Gasteiger partial charge in [-0.25, -0.2) is 27.3 Å². The highest BCUT2D eigenvalue weighted by atomic mass is 32.2. The molecule has 1 unspecified atom stereocenters. The second-order valence-corrected chi connectivity index (χ2v) is 9.08. The number of hydrogen-bond donors (Lipinski definition) is 1. The van der Waals surface area contributed by atoms with Crippen LogP contribution in [-0.4, -0.2) is 64.4 Å². The van der Waals surface area contributed by atoms with Crippen molar-refractivity contribution >= 4 is 37.9 Å². The van der Waals surface area contributed by atoms with Gasteiger partial charge in [0.2, 0.25) is 10.0 Å². The first-order valence-corrected chi connectivity index (χ1v) is 11.1. The van der Waals surface area contributed by atoms with Crippen molar-refractivity contribution in [2.75, 3.05) is 30.9 Å². The molecule has 0 aliphatic carbocycles. The minimum atomic E-state index is -3.55. The minimum Gasteiger partial charge on any atom is -0.377 e. The highest BCUT2D eigenvalue weighted by Crippen LogP contribution is 2.34. The second-order valence-electron chi connectivity index (χ2n) is 7.22. The van der Waals surface area contributed by atoms with Crippen LogP contribution in [-0.2, 0) is 14.8 Å². The van der Waals surface area contributed by atoms with E-state index >= 15 is 0 Å². The van der Waals surface area contributed by atoms with Gasteiger partial charge in [0, 0.05) is 35.9 Å². The summed E-state index contributed by atoms with van der Waals surface area (Å²) in [4.78, 5) is 18.7. The maximum atomic E-state index is 12.3. The molecule has 0 radical (unpaired) electrons. The fourth-order valence-electron chi connectivity index (χ4n) is 3.82. The fourth-order valence-corrected chi connectivity index (χ4v) is 4.48. The van der Waals surface area contributed by atoms with Crippen LogP contribution in [0.5, 0.6) is 0 Å². The van der Waals surface area contributed by atoms with E-state index < -0.39 is 10.0 Å². The lowest BCUT2D eigenvalue weighted by Crippen LogP contribution is -2.43. The summed E-state index contributed by atoms with van der Waals surface area (Å²) in [5, 5.41) is 0.922. The largest absolute Gasteiger partial charge is 0.377 e. The number of imidazole rings is 1. The van der Waals surface area contributed by atoms with E-state index in [1.54, 1.807) is 6.20 Å². The third-order valence-electron chi connectivity index (χ3n) is 5.23. The zero-order valence-electron chi connectivity index (χ0n) is 16.0. The molecule has 1 aliphatic heterocycles. The molecule has 150 valence electrons. The monoisotopic (exact) mass is 412 g/mol. The number of rotatable bonds is 3. The maximum Gasteiger partial charge on any atom is 0.238 e. The number of aromatic amines is 1. The third kappa shape index (κ3) is 2.95. The molecule has 1 fully saturated rings. The standard InChI is InChI=1S/C19H20N6O3S/c1-12-10-28-8-7-24(12)16-9-15(13-3-5-20-18-14(13)4-6-21-18)23-19-17(16)22-11-25(19)29(2,26)27/h3-6,9,11-12H,7-8,10H2,1-2H3,(H,20,21). The number of pyridine rings is 2. The normalized spacial score (nSPS) is 18.0. The number of nitrogens with one attached hydrogen (secondary N) is 1. The van der Waals surface area contributed by atoms with Gasteiger partial charge in [0.15, 0.2) is 5.65 Å². The predicted molar refractivity (Wildman–Crippen MR) is 110 cm³/mol. The first-order chi connectivity index (χ1) is 13.9. The van der Waals surface area contributed by atoms with Crippen LogP contribution in [0, 0.1) is 0 Å². The maximum absolute atomic E-state index is 12.3. The van der Waals surface area contributed by atoms with Crippen LogP contribution in [0.4, 0.5) is 5.69 Å². The number of hydrogen-bond acceptors (Lipinski definition) is 7. The lowest BCUT2D eigenvalue weighted by atomic mass is 10.1. The van der Waals surface area contributed by atoms with Gasteiger partial charge in [-0.2, -0.15) is 0 Å². The molecule has 9 nitrogen and oxygen atoms in total. The van der Waals surface area contributed by atoms with Crippen molar-refractivity contribution in [2.24, 2.45) is 0 Å². The van der Waals surface area contributed by atoms with E-state index in [9.17, 15) is 8.42 Å². The van der Waals surface area contributed by atoms with Gasteiger partial charge in [-0.1, -0.05) is 0 Å². The van der Waals surface area contributed by atoms with Crippen molar-refractivity contribution in [3.8, 4) is 11.3 Å². The highest BCUT2D eigenvalue weighted by molar-refractivity contribution is 7.89. The molecule has 4 aromatic heterocycles. The van der Waals surface area contributed by atoms with Gasteiger partial charge < -0.3 is 14.6 Å². The Labute approximate surface area is 167 Å². The number of ether oxygens (including phenoxy) is 1. The Morgan fingerprint density at radius 1 is 1.28 bits per heavy atom. The number of nitrogens with zero attached hydrogens (tertiary/aromatic N) is 5. The van der Waals surface area contributed by atoms with Gasteiger partial charge in [0.1, 0.15) is 17.5 Å². The molecule has 5 heterocycles. The van der Waals surface area contributed by atoms with Crippen LogP contribution in [0.1, 0.15) is 6.92 Å². The summed E-state index contributed by atoms with van der Waals surface area (Å²) in [6.45, 7) is 3.98. The molecule has 1 atom stereocenters. The fraction of sp³-hybridized carbons (Fsp3) is 0.316. The van der Waals surface area contributed by atoms with E-state index in [2.05, 4.69) is 26.8 Å². The van der Waals surface area contributed by atoms with Crippen molar-refractivity contribution in [3.63, 3.8) is 0 Å². The van der Waals surface area contributed by atoms with Crippen molar-refractivity contribution in [1.82, 2.24) is 23.9 Å². The quantitative estimate of drug-likeness (QED) is 0.549. The third-order valence-corrected chi connectivity index (χ3v) is 6.21. The zero-order chi connectivity index (χ0) is 20.2. The molecule has 10 heteroatoms. The summed E-state index contributed by atoms with van der Waals surface area (Å²) in [5.74, 6) is 0. The molecule has 1 N–H and O–H groups in total. The number of fused-ring (bicyclic) bond motifs is 2. The average Bonchev–Trinajstić information content (AvgIpc) is 3.34. The van der Waals surface area contributed by atoms with Crippen LogP contribution in [0.25, 0.3) is 33.5 Å². The zero-order valence-corrected chi connectivity index (χ0v) is 16.8. The molecule has 1 aliphatic rings. The van der Waals surface area contributed by atoms with Crippen molar-refractivity contribution in [2.45, 2.75) is 13.0 Å². The number of aromatic nitrogens is 5. The smallest absolute Gasteiger partial charge is 0.238 e. The summed E-state index contributed by atoms with van der Waals surface area (Å²) in [6, 6.07) is 5.94. The number of H-pyrrole nitrogens is 1. The lowest BCUT2D eigenvalue weighted by Gasteiger charge is -2.35. The van der Waals surface area contributed by atoms with E-state index in [4.69, 9.17) is 9.72 Å². The molecule has 0 bridgehead atoms. The summed E-state index contributed by atoms with van der Waals surface area (Å²) >= 11 is 0. The Morgan fingerprint density at radius 3 is 2.93 bits per heavy atom. The van der Waals surface area contributed by atoms with Crippen LogP contribution in [0.15, 0.2) is 36.9 Å². The van der Waals surface area contributed by atoms with Crippen molar-refractivity contribution in [3.05, 3.63) is 36.9 Å². The molecular formula is C19H20N6O3S. The Bertz CT molecular complexity index is 1330. The number of anilines is 1. The predicted octanol–water partition coefficient (Wildman–Crippen LogP) is 2.01. The average molecular weight is 412 g/mol. The van der Waals surface area contributed by atoms with Gasteiger partial charge in [-0.15, -0.1) is 0 Å². The van der Waals surface area contributed by atoms with E-state index in [1.165, 1.54) is 6.33 Å². The Morgan fingerprint density at radius 2 is 2.14 bits per heavy atom. The van der Waals surface area contributed by atoms with E-state index in [-0.39, 0.29) is 6.04 Å². The van der Waals surface area contributed by atoms with E-state index in [0.717, 1.165) is 32.5 Å². The highest BCUT2D eigenvalue weighted by Gasteiger charge is 2.25. The summed E-state index contributed by atoms with van der Waals surface area (Å²) in [7, 11) is -3.55. The number of morpholine rings is 1. The molecule has 0 saturated carbocycles. The van der Waals surface area contributed by atoms with Crippen LogP contribution >= 0.6 is 0 Å². The van der Waals surface area contributed by atoms with Crippen LogP contribution < -0.4 is 4.90 Å². The van der Waals surface area contributed by atoms with Gasteiger partial charge in [-0.05, 0) is 25.1 Å². The Balaban J connectivity index is 1.82. The minimum absolute atomic E-state index is 0.135.